The van der Waals surface area contributed by atoms with Gasteiger partial charge in [0.05, 0.1) is 0 Å². The van der Waals surface area contributed by atoms with E-state index in [0.717, 1.165) is 12.0 Å². The quantitative estimate of drug-likeness (QED) is 0.527. The Hall–Kier alpha value is -1.35. The molecule has 0 aromatic carbocycles. The van der Waals surface area contributed by atoms with Gasteiger partial charge in [-0.05, 0) is 31.1 Å². The lowest BCUT2D eigenvalue weighted by atomic mass is 9.59. The molecule has 1 fully saturated rings. The van der Waals surface area contributed by atoms with Gasteiger partial charge in [0.2, 0.25) is 5.79 Å². The van der Waals surface area contributed by atoms with Gasteiger partial charge in [0.25, 0.3) is 0 Å². The van der Waals surface area contributed by atoms with Gasteiger partial charge in [0.1, 0.15) is 0 Å². The predicted molar refractivity (Wildman–Crippen MR) is 67.5 cm³/mol. The Labute approximate surface area is 107 Å². The first-order valence-corrected chi connectivity index (χ1v) is 6.37. The lowest BCUT2D eigenvalue weighted by Crippen LogP contribution is -2.47. The molecule has 3 atom stereocenters. The molecule has 0 amide bonds. The predicted octanol–water partition coefficient (Wildman–Crippen LogP) is 2.48. The third-order valence-corrected chi connectivity index (χ3v) is 4.69. The summed E-state index contributed by atoms with van der Waals surface area (Å²) < 4.78 is 5.19. The highest BCUT2D eigenvalue weighted by molar-refractivity contribution is 5.92. The zero-order valence-electron chi connectivity index (χ0n) is 10.8. The van der Waals surface area contributed by atoms with E-state index >= 15 is 0 Å². The number of ether oxygens (including phenoxy) is 1. The standard InChI is InChI=1S/C15H18O3/c1-9-5-4-6-14(3)8-15(17)12(7-11(9)14)10(2)13(16)18-15/h4,6,11,17H,1,5,7-8H2,2-3H3/t11-,14+,15-/m1/s1. The second-order valence-electron chi connectivity index (χ2n) is 5.98. The van der Waals surface area contributed by atoms with Gasteiger partial charge in [-0.15, -0.1) is 0 Å². The van der Waals surface area contributed by atoms with Crippen LogP contribution in [0, 0.1) is 11.3 Å². The number of esters is 1. The minimum atomic E-state index is -1.39. The summed E-state index contributed by atoms with van der Waals surface area (Å²) in [6.45, 7) is 7.99. The van der Waals surface area contributed by atoms with E-state index in [2.05, 4.69) is 25.7 Å². The van der Waals surface area contributed by atoms with Crippen LogP contribution in [0.25, 0.3) is 0 Å². The fraction of sp³-hybridized carbons (Fsp3) is 0.533. The van der Waals surface area contributed by atoms with E-state index in [-0.39, 0.29) is 11.4 Å². The second-order valence-corrected chi connectivity index (χ2v) is 5.98. The summed E-state index contributed by atoms with van der Waals surface area (Å²) in [5.74, 6) is -1.49. The maximum absolute atomic E-state index is 11.7. The van der Waals surface area contributed by atoms with Crippen molar-refractivity contribution >= 4 is 5.97 Å². The average molecular weight is 246 g/mol. The van der Waals surface area contributed by atoms with Gasteiger partial charge in [-0.25, -0.2) is 4.79 Å². The molecule has 0 saturated heterocycles. The van der Waals surface area contributed by atoms with E-state index in [4.69, 9.17) is 4.74 Å². The minimum absolute atomic E-state index is 0.168. The molecule has 0 bridgehead atoms. The summed E-state index contributed by atoms with van der Waals surface area (Å²) in [7, 11) is 0. The Morgan fingerprint density at radius 2 is 2.28 bits per heavy atom. The van der Waals surface area contributed by atoms with Crippen LogP contribution in [0.4, 0.5) is 0 Å². The van der Waals surface area contributed by atoms with Crippen molar-refractivity contribution in [3.63, 3.8) is 0 Å². The highest BCUT2D eigenvalue weighted by atomic mass is 16.7. The highest BCUT2D eigenvalue weighted by Crippen LogP contribution is 2.56. The number of carbonyl (C=O) groups is 1. The zero-order valence-corrected chi connectivity index (χ0v) is 10.8. The minimum Gasteiger partial charge on any atom is -0.426 e. The molecule has 1 heterocycles. The summed E-state index contributed by atoms with van der Waals surface area (Å²) >= 11 is 0. The van der Waals surface area contributed by atoms with Crippen LogP contribution in [0.3, 0.4) is 0 Å². The van der Waals surface area contributed by atoms with Crippen LogP contribution >= 0.6 is 0 Å². The molecule has 3 aliphatic rings. The molecule has 1 N–H and O–H groups in total. The van der Waals surface area contributed by atoms with Crippen molar-refractivity contribution in [1.82, 2.24) is 0 Å². The molecule has 3 heteroatoms. The molecular weight excluding hydrogens is 228 g/mol. The van der Waals surface area contributed by atoms with Crippen molar-refractivity contribution in [1.29, 1.82) is 0 Å². The number of aliphatic hydroxyl groups is 1. The van der Waals surface area contributed by atoms with Crippen molar-refractivity contribution in [2.24, 2.45) is 11.3 Å². The van der Waals surface area contributed by atoms with Gasteiger partial charge in [-0.3, -0.25) is 0 Å². The SMILES string of the molecule is C=C1CC=C[C@@]2(C)C[C@@]3(O)OC(=O)C(C)=C3C[C@H]12. The zero-order chi connectivity index (χ0) is 13.1. The number of allylic oxidation sites excluding steroid dienone is 3. The van der Waals surface area contributed by atoms with Crippen molar-refractivity contribution in [3.05, 3.63) is 35.5 Å². The van der Waals surface area contributed by atoms with Crippen molar-refractivity contribution < 1.29 is 14.6 Å². The fourth-order valence-corrected chi connectivity index (χ4v) is 3.65. The van der Waals surface area contributed by atoms with Gasteiger partial charge in [-0.1, -0.05) is 31.2 Å². The van der Waals surface area contributed by atoms with E-state index in [9.17, 15) is 9.90 Å². The maximum atomic E-state index is 11.7. The van der Waals surface area contributed by atoms with E-state index in [1.54, 1.807) is 6.92 Å². The number of hydrogen-bond acceptors (Lipinski definition) is 3. The fourth-order valence-electron chi connectivity index (χ4n) is 3.65. The lowest BCUT2D eigenvalue weighted by Gasteiger charge is -2.48. The highest BCUT2D eigenvalue weighted by Gasteiger charge is 2.56. The van der Waals surface area contributed by atoms with Crippen LogP contribution in [-0.4, -0.2) is 16.9 Å². The Bertz CT molecular complexity index is 512. The normalized spacial score (nSPS) is 42.7. The molecule has 1 saturated carbocycles. The molecule has 0 aromatic rings. The molecule has 1 aliphatic heterocycles. The third kappa shape index (κ3) is 1.37. The summed E-state index contributed by atoms with van der Waals surface area (Å²) in [5.41, 5.74) is 2.34. The number of carbonyl (C=O) groups excluding carboxylic acids is 1. The van der Waals surface area contributed by atoms with Gasteiger partial charge in [-0.2, -0.15) is 0 Å². The van der Waals surface area contributed by atoms with Crippen LogP contribution in [-0.2, 0) is 9.53 Å². The number of rotatable bonds is 0. The monoisotopic (exact) mass is 246 g/mol. The van der Waals surface area contributed by atoms with Gasteiger partial charge < -0.3 is 9.84 Å². The average Bonchev–Trinajstić information content (AvgIpc) is 2.46. The summed E-state index contributed by atoms with van der Waals surface area (Å²) in [6.07, 6.45) is 6.23. The van der Waals surface area contributed by atoms with E-state index in [1.165, 1.54) is 5.57 Å². The van der Waals surface area contributed by atoms with Gasteiger partial charge >= 0.3 is 5.97 Å². The summed E-state index contributed by atoms with van der Waals surface area (Å²) in [4.78, 5) is 11.7. The molecule has 0 spiro atoms. The van der Waals surface area contributed by atoms with Crippen LogP contribution in [0.2, 0.25) is 0 Å². The molecule has 0 aromatic heterocycles. The smallest absolute Gasteiger partial charge is 0.336 e. The summed E-state index contributed by atoms with van der Waals surface area (Å²) in [6, 6.07) is 0. The molecule has 18 heavy (non-hydrogen) atoms. The van der Waals surface area contributed by atoms with E-state index in [1.807, 2.05) is 0 Å². The number of fused-ring (bicyclic) bond motifs is 2. The van der Waals surface area contributed by atoms with Crippen molar-refractivity contribution in [2.75, 3.05) is 0 Å². The van der Waals surface area contributed by atoms with Crippen LogP contribution < -0.4 is 0 Å². The molecule has 3 nitrogen and oxygen atoms in total. The molecule has 0 radical (unpaired) electrons. The van der Waals surface area contributed by atoms with Gasteiger partial charge in [0.15, 0.2) is 0 Å². The second kappa shape index (κ2) is 3.35. The van der Waals surface area contributed by atoms with Crippen LogP contribution in [0.15, 0.2) is 35.5 Å². The molecule has 2 aliphatic carbocycles. The van der Waals surface area contributed by atoms with E-state index < -0.39 is 5.79 Å². The Kier molecular flexibility index (Phi) is 2.18. The first kappa shape index (κ1) is 11.7. The summed E-state index contributed by atoms with van der Waals surface area (Å²) in [5, 5.41) is 10.6. The van der Waals surface area contributed by atoms with Crippen molar-refractivity contribution in [3.8, 4) is 0 Å². The Morgan fingerprint density at radius 1 is 1.56 bits per heavy atom. The molecular formula is C15H18O3. The van der Waals surface area contributed by atoms with Gasteiger partial charge in [0, 0.05) is 17.6 Å². The first-order valence-electron chi connectivity index (χ1n) is 6.37. The van der Waals surface area contributed by atoms with Crippen LogP contribution in [0.5, 0.6) is 0 Å². The Balaban J connectivity index is 2.08. The lowest BCUT2D eigenvalue weighted by molar-refractivity contribution is -0.197. The van der Waals surface area contributed by atoms with E-state index in [0.29, 0.717) is 24.3 Å². The van der Waals surface area contributed by atoms with Crippen LogP contribution in [0.1, 0.15) is 33.1 Å². The number of hydrogen-bond donors (Lipinski definition) is 1. The van der Waals surface area contributed by atoms with Crippen molar-refractivity contribution in [2.45, 2.75) is 38.9 Å². The molecule has 96 valence electrons. The largest absolute Gasteiger partial charge is 0.426 e. The Morgan fingerprint density at radius 3 is 3.00 bits per heavy atom. The maximum Gasteiger partial charge on any atom is 0.336 e. The third-order valence-electron chi connectivity index (χ3n) is 4.69. The topological polar surface area (TPSA) is 46.5 Å². The molecule has 0 unspecified atom stereocenters. The molecule has 3 rings (SSSR count). The first-order chi connectivity index (χ1) is 8.36.